The first kappa shape index (κ1) is 13.7. The van der Waals surface area contributed by atoms with Crippen molar-refractivity contribution in [3.8, 4) is 6.07 Å². The Morgan fingerprint density at radius 2 is 2.24 bits per heavy atom. The van der Waals surface area contributed by atoms with Crippen molar-refractivity contribution in [3.63, 3.8) is 0 Å². The average molecular weight is 231 g/mol. The number of nitriles is 1. The number of pyridine rings is 1. The fourth-order valence-corrected chi connectivity index (χ4v) is 1.72. The zero-order valence-corrected chi connectivity index (χ0v) is 11.0. The number of hydrogen-bond acceptors (Lipinski definition) is 3. The van der Waals surface area contributed by atoms with E-state index < -0.39 is 0 Å². The van der Waals surface area contributed by atoms with Crippen molar-refractivity contribution in [2.75, 3.05) is 6.54 Å². The van der Waals surface area contributed by atoms with Crippen molar-refractivity contribution >= 4 is 0 Å². The quantitative estimate of drug-likeness (QED) is 0.819. The molecule has 0 radical (unpaired) electrons. The molecule has 0 bridgehead atoms. The molecule has 0 unspecified atom stereocenters. The van der Waals surface area contributed by atoms with Gasteiger partial charge in [0.2, 0.25) is 0 Å². The molecule has 1 aromatic heterocycles. The Morgan fingerprint density at radius 1 is 1.47 bits per heavy atom. The molecule has 1 rings (SSSR count). The summed E-state index contributed by atoms with van der Waals surface area (Å²) in [6.07, 6.45) is 5.28. The Morgan fingerprint density at radius 3 is 2.88 bits per heavy atom. The molecule has 0 aliphatic rings. The zero-order chi connectivity index (χ0) is 12.7. The SMILES string of the molecule is Cc1cnccc1CNCC(C)(C)CCC#N. The van der Waals surface area contributed by atoms with Gasteiger partial charge >= 0.3 is 0 Å². The van der Waals surface area contributed by atoms with Crippen molar-refractivity contribution in [2.24, 2.45) is 5.41 Å². The largest absolute Gasteiger partial charge is 0.312 e. The lowest BCUT2D eigenvalue weighted by Gasteiger charge is -2.24. The van der Waals surface area contributed by atoms with Crippen molar-refractivity contribution in [2.45, 2.75) is 40.2 Å². The molecule has 0 saturated heterocycles. The van der Waals surface area contributed by atoms with Gasteiger partial charge in [0.1, 0.15) is 0 Å². The summed E-state index contributed by atoms with van der Waals surface area (Å²) in [4.78, 5) is 4.08. The smallest absolute Gasteiger partial charge is 0.0621 e. The van der Waals surface area contributed by atoms with Crippen LogP contribution in [0.4, 0.5) is 0 Å². The number of aromatic nitrogens is 1. The molecule has 17 heavy (non-hydrogen) atoms. The number of nitrogens with zero attached hydrogens (tertiary/aromatic N) is 2. The van der Waals surface area contributed by atoms with Crippen molar-refractivity contribution in [1.29, 1.82) is 5.26 Å². The number of hydrogen-bond donors (Lipinski definition) is 1. The van der Waals surface area contributed by atoms with Gasteiger partial charge in [-0.1, -0.05) is 13.8 Å². The van der Waals surface area contributed by atoms with Gasteiger partial charge < -0.3 is 5.32 Å². The van der Waals surface area contributed by atoms with Crippen LogP contribution in [0.3, 0.4) is 0 Å². The molecule has 0 aromatic carbocycles. The number of rotatable bonds is 6. The zero-order valence-electron chi connectivity index (χ0n) is 11.0. The maximum absolute atomic E-state index is 8.59. The summed E-state index contributed by atoms with van der Waals surface area (Å²) in [6.45, 7) is 8.25. The van der Waals surface area contributed by atoms with E-state index in [1.165, 1.54) is 11.1 Å². The van der Waals surface area contributed by atoms with E-state index in [4.69, 9.17) is 5.26 Å². The monoisotopic (exact) mass is 231 g/mol. The molecular formula is C14H21N3. The second kappa shape index (κ2) is 6.36. The van der Waals surface area contributed by atoms with Gasteiger partial charge in [-0.15, -0.1) is 0 Å². The number of aryl methyl sites for hydroxylation is 1. The highest BCUT2D eigenvalue weighted by Gasteiger charge is 2.16. The minimum absolute atomic E-state index is 0.177. The molecule has 0 amide bonds. The molecule has 3 nitrogen and oxygen atoms in total. The maximum atomic E-state index is 8.59. The molecule has 0 aliphatic heterocycles. The molecule has 92 valence electrons. The normalized spacial score (nSPS) is 11.2. The first-order valence-corrected chi connectivity index (χ1v) is 6.02. The summed E-state index contributed by atoms with van der Waals surface area (Å²) in [6, 6.07) is 4.25. The first-order chi connectivity index (χ1) is 8.05. The van der Waals surface area contributed by atoms with E-state index in [-0.39, 0.29) is 5.41 Å². The van der Waals surface area contributed by atoms with Crippen LogP contribution in [0.2, 0.25) is 0 Å². The van der Waals surface area contributed by atoms with Gasteiger partial charge in [0.15, 0.2) is 0 Å². The van der Waals surface area contributed by atoms with Crippen molar-refractivity contribution in [1.82, 2.24) is 10.3 Å². The summed E-state index contributed by atoms with van der Waals surface area (Å²) >= 11 is 0. The summed E-state index contributed by atoms with van der Waals surface area (Å²) in [5.41, 5.74) is 2.68. The van der Waals surface area contributed by atoms with Gasteiger partial charge in [0.25, 0.3) is 0 Å². The molecular weight excluding hydrogens is 210 g/mol. The molecule has 0 aliphatic carbocycles. The summed E-state index contributed by atoms with van der Waals surface area (Å²) < 4.78 is 0. The predicted molar refractivity (Wildman–Crippen MR) is 69.3 cm³/mol. The van der Waals surface area contributed by atoms with Gasteiger partial charge in [-0.05, 0) is 36.0 Å². The molecule has 3 heteroatoms. The van der Waals surface area contributed by atoms with Crippen LogP contribution in [0, 0.1) is 23.7 Å². The molecule has 0 spiro atoms. The Hall–Kier alpha value is -1.40. The van der Waals surface area contributed by atoms with E-state index in [1.807, 2.05) is 18.5 Å². The highest BCUT2D eigenvalue weighted by Crippen LogP contribution is 2.20. The lowest BCUT2D eigenvalue weighted by molar-refractivity contribution is 0.317. The third kappa shape index (κ3) is 4.97. The third-order valence-electron chi connectivity index (χ3n) is 2.97. The molecule has 1 heterocycles. The molecule has 1 aromatic rings. The maximum Gasteiger partial charge on any atom is 0.0621 e. The van der Waals surface area contributed by atoms with E-state index in [0.29, 0.717) is 6.42 Å². The topological polar surface area (TPSA) is 48.7 Å². The molecule has 0 fully saturated rings. The van der Waals surface area contributed by atoms with Crippen LogP contribution >= 0.6 is 0 Å². The van der Waals surface area contributed by atoms with Crippen LogP contribution in [0.25, 0.3) is 0 Å². The standard InChI is InChI=1S/C14H21N3/c1-12-9-16-8-5-13(12)10-17-11-14(2,3)6-4-7-15/h5,8-9,17H,4,6,10-11H2,1-3H3. The van der Waals surface area contributed by atoms with Crippen LogP contribution in [0.5, 0.6) is 0 Å². The lowest BCUT2D eigenvalue weighted by Crippen LogP contribution is -2.29. The Bertz CT molecular complexity index is 391. The van der Waals surface area contributed by atoms with Gasteiger partial charge in [-0.3, -0.25) is 4.98 Å². The number of nitrogens with one attached hydrogen (secondary N) is 1. The fraction of sp³-hybridized carbons (Fsp3) is 0.571. The minimum Gasteiger partial charge on any atom is -0.312 e. The Kier molecular flexibility index (Phi) is 5.11. The summed E-state index contributed by atoms with van der Waals surface area (Å²) in [5, 5.41) is 12.0. The van der Waals surface area contributed by atoms with Crippen LogP contribution in [-0.2, 0) is 6.54 Å². The lowest BCUT2D eigenvalue weighted by atomic mass is 9.88. The second-order valence-corrected chi connectivity index (χ2v) is 5.23. The van der Waals surface area contributed by atoms with E-state index >= 15 is 0 Å². The fourth-order valence-electron chi connectivity index (χ4n) is 1.72. The van der Waals surface area contributed by atoms with E-state index in [9.17, 15) is 0 Å². The summed E-state index contributed by atoms with van der Waals surface area (Å²) in [7, 11) is 0. The van der Waals surface area contributed by atoms with Crippen LogP contribution in [0.15, 0.2) is 18.5 Å². The second-order valence-electron chi connectivity index (χ2n) is 5.23. The Labute approximate surface area is 104 Å². The first-order valence-electron chi connectivity index (χ1n) is 6.02. The van der Waals surface area contributed by atoms with Crippen LogP contribution < -0.4 is 5.32 Å². The van der Waals surface area contributed by atoms with Gasteiger partial charge in [0.05, 0.1) is 6.07 Å². The average Bonchev–Trinajstić information content (AvgIpc) is 2.29. The predicted octanol–water partition coefficient (Wildman–Crippen LogP) is 2.81. The summed E-state index contributed by atoms with van der Waals surface area (Å²) in [5.74, 6) is 0. The van der Waals surface area contributed by atoms with Crippen molar-refractivity contribution < 1.29 is 0 Å². The van der Waals surface area contributed by atoms with E-state index in [1.54, 1.807) is 0 Å². The highest BCUT2D eigenvalue weighted by molar-refractivity contribution is 5.21. The third-order valence-corrected chi connectivity index (χ3v) is 2.97. The minimum atomic E-state index is 0.177. The van der Waals surface area contributed by atoms with Crippen LogP contribution in [-0.4, -0.2) is 11.5 Å². The van der Waals surface area contributed by atoms with Gasteiger partial charge in [-0.2, -0.15) is 5.26 Å². The van der Waals surface area contributed by atoms with E-state index in [2.05, 4.69) is 37.1 Å². The van der Waals surface area contributed by atoms with Crippen LogP contribution in [0.1, 0.15) is 37.8 Å². The van der Waals surface area contributed by atoms with Gasteiger partial charge in [-0.25, -0.2) is 0 Å². The Balaban J connectivity index is 2.38. The molecule has 0 saturated carbocycles. The molecule has 1 N–H and O–H groups in total. The van der Waals surface area contributed by atoms with E-state index in [0.717, 1.165) is 19.5 Å². The van der Waals surface area contributed by atoms with Gasteiger partial charge in [0, 0.05) is 31.9 Å². The molecule has 0 atom stereocenters. The van der Waals surface area contributed by atoms with Crippen molar-refractivity contribution in [3.05, 3.63) is 29.6 Å². The highest BCUT2D eigenvalue weighted by atomic mass is 14.9.